The van der Waals surface area contributed by atoms with E-state index in [1.807, 2.05) is 23.3 Å². The van der Waals surface area contributed by atoms with E-state index in [9.17, 15) is 9.59 Å². The van der Waals surface area contributed by atoms with Gasteiger partial charge in [-0.05, 0) is 19.3 Å². The fourth-order valence-corrected chi connectivity index (χ4v) is 1.43. The van der Waals surface area contributed by atoms with Gasteiger partial charge in [0.15, 0.2) is 6.10 Å². The van der Waals surface area contributed by atoms with Crippen LogP contribution in [0, 0.1) is 11.8 Å². The molecule has 0 rings (SSSR count). The molecule has 3 atom stereocenters. The molecular weight excluding hydrogens is 215 g/mol. The van der Waals surface area contributed by atoms with E-state index in [4.69, 9.17) is 4.74 Å². The second kappa shape index (κ2) is 6.78. The lowest BCUT2D eigenvalue weighted by Gasteiger charge is -2.16. The van der Waals surface area contributed by atoms with Crippen molar-refractivity contribution in [1.29, 1.82) is 0 Å². The van der Waals surface area contributed by atoms with Gasteiger partial charge in [-0.2, -0.15) is 0 Å². The van der Waals surface area contributed by atoms with Crippen LogP contribution in [0.5, 0.6) is 0 Å². The second-order valence-corrected chi connectivity index (χ2v) is 4.28. The Labute approximate surface area is 93.0 Å². The topological polar surface area (TPSA) is 52.6 Å². The van der Waals surface area contributed by atoms with Gasteiger partial charge >= 0.3 is 11.9 Å². The molecule has 0 aliphatic rings. The third kappa shape index (κ3) is 5.73. The Kier molecular flexibility index (Phi) is 6.50. The van der Waals surface area contributed by atoms with Crippen molar-refractivity contribution in [3.05, 3.63) is 0 Å². The van der Waals surface area contributed by atoms with Gasteiger partial charge in [-0.3, -0.25) is 4.79 Å². The molecule has 0 saturated carbocycles. The van der Waals surface area contributed by atoms with Crippen molar-refractivity contribution in [3.8, 4) is 0 Å². The van der Waals surface area contributed by atoms with Gasteiger partial charge in [0, 0.05) is 0 Å². The zero-order valence-corrected chi connectivity index (χ0v) is 10.8. The van der Waals surface area contributed by atoms with Crippen LogP contribution in [-0.2, 0) is 18.8 Å². The quantitative estimate of drug-likeness (QED) is 0.538. The maximum Gasteiger partial charge on any atom is 0.349 e. The molecule has 15 heavy (non-hydrogen) atoms. The summed E-state index contributed by atoms with van der Waals surface area (Å²) in [6, 6.07) is 0. The number of hydrogen-bond donors (Lipinski definition) is 0. The Bertz CT molecular complexity index is 227. The van der Waals surface area contributed by atoms with Crippen molar-refractivity contribution in [2.45, 2.75) is 40.2 Å². The average molecular weight is 234 g/mol. The highest BCUT2D eigenvalue weighted by Crippen LogP contribution is 2.13. The van der Waals surface area contributed by atoms with Gasteiger partial charge in [-0.15, -0.1) is 0 Å². The summed E-state index contributed by atoms with van der Waals surface area (Å²) < 4.78 is 9.31. The van der Waals surface area contributed by atoms with Crippen LogP contribution in [0.2, 0.25) is 0 Å². The number of carbonyl (C=O) groups is 2. The number of esters is 1. The normalized spacial score (nSPS) is 14.5. The summed E-state index contributed by atoms with van der Waals surface area (Å²) in [5, 5.41) is 0. The van der Waals surface area contributed by atoms with Gasteiger partial charge < -0.3 is 9.26 Å². The lowest BCUT2D eigenvalue weighted by Crippen LogP contribution is -2.27. The minimum Gasteiger partial charge on any atom is -0.450 e. The zero-order valence-electron chi connectivity index (χ0n) is 9.65. The van der Waals surface area contributed by atoms with E-state index in [0.717, 1.165) is 6.42 Å². The summed E-state index contributed by atoms with van der Waals surface area (Å²) in [6.45, 7) is 7.35. The van der Waals surface area contributed by atoms with E-state index in [1.54, 1.807) is 6.92 Å². The molecule has 0 radical (unpaired) electrons. The maximum atomic E-state index is 11.5. The first-order valence-electron chi connectivity index (χ1n) is 4.99. The molecule has 0 N–H and O–H groups in total. The monoisotopic (exact) mass is 234 g/mol. The van der Waals surface area contributed by atoms with Crippen LogP contribution in [0.3, 0.4) is 0 Å². The van der Waals surface area contributed by atoms with Crippen molar-refractivity contribution in [3.63, 3.8) is 0 Å². The van der Waals surface area contributed by atoms with Crippen LogP contribution in [0.1, 0.15) is 34.1 Å². The summed E-state index contributed by atoms with van der Waals surface area (Å²) in [4.78, 5) is 22.4. The molecule has 0 aromatic rings. The molecule has 0 aliphatic heterocycles. The maximum absolute atomic E-state index is 11.5. The first kappa shape index (κ1) is 14.4. The summed E-state index contributed by atoms with van der Waals surface area (Å²) in [7, 11) is 1.83. The molecule has 0 saturated heterocycles. The van der Waals surface area contributed by atoms with Crippen LogP contribution >= 0.6 is 9.47 Å². The van der Waals surface area contributed by atoms with E-state index < -0.39 is 12.1 Å². The molecule has 4 nitrogen and oxygen atoms in total. The van der Waals surface area contributed by atoms with Gasteiger partial charge in [0.2, 0.25) is 0 Å². The zero-order chi connectivity index (χ0) is 12.0. The minimum absolute atomic E-state index is 0.190. The number of rotatable bonds is 5. The van der Waals surface area contributed by atoms with Crippen molar-refractivity contribution in [2.24, 2.45) is 11.8 Å². The molecule has 0 bridgehead atoms. The Morgan fingerprint density at radius 2 is 1.67 bits per heavy atom. The average Bonchev–Trinajstić information content (AvgIpc) is 2.15. The Morgan fingerprint density at radius 3 is 2.07 bits per heavy atom. The van der Waals surface area contributed by atoms with Crippen molar-refractivity contribution in [1.82, 2.24) is 0 Å². The number of ether oxygens (including phenoxy) is 1. The van der Waals surface area contributed by atoms with Crippen LogP contribution in [0.25, 0.3) is 0 Å². The van der Waals surface area contributed by atoms with E-state index in [0.29, 0.717) is 5.92 Å². The van der Waals surface area contributed by atoms with Crippen molar-refractivity contribution in [2.75, 3.05) is 0 Å². The van der Waals surface area contributed by atoms with E-state index in [2.05, 4.69) is 4.52 Å². The van der Waals surface area contributed by atoms with Crippen molar-refractivity contribution < 1.29 is 18.8 Å². The van der Waals surface area contributed by atoms with E-state index in [-0.39, 0.29) is 11.9 Å². The summed E-state index contributed by atoms with van der Waals surface area (Å²) in [6.07, 6.45) is -0.0915. The van der Waals surface area contributed by atoms with E-state index in [1.165, 1.54) is 6.92 Å². The Morgan fingerprint density at radius 1 is 1.13 bits per heavy atom. The standard InChI is InChI=1S/C10H19O4P/c1-6(2)5-7(3)9(11)13-8(4)10(12)14-15/h6-8H,5,15H2,1-4H3/t7-,8-/m0/s1. The Hall–Kier alpha value is -0.630. The van der Waals surface area contributed by atoms with Gasteiger partial charge in [0.25, 0.3) is 0 Å². The summed E-state index contributed by atoms with van der Waals surface area (Å²) in [5.74, 6) is -0.682. The third-order valence-electron chi connectivity index (χ3n) is 1.97. The lowest BCUT2D eigenvalue weighted by molar-refractivity contribution is -0.163. The summed E-state index contributed by atoms with van der Waals surface area (Å²) in [5.41, 5.74) is 0. The molecule has 5 heteroatoms. The fraction of sp³-hybridized carbons (Fsp3) is 0.800. The van der Waals surface area contributed by atoms with Crippen molar-refractivity contribution >= 4 is 21.4 Å². The predicted octanol–water partition coefficient (Wildman–Crippen LogP) is 1.93. The summed E-state index contributed by atoms with van der Waals surface area (Å²) >= 11 is 0. The highest BCUT2D eigenvalue weighted by atomic mass is 31.0. The predicted molar refractivity (Wildman–Crippen MR) is 60.0 cm³/mol. The number of hydrogen-bond acceptors (Lipinski definition) is 4. The van der Waals surface area contributed by atoms with Crippen LogP contribution in [0.4, 0.5) is 0 Å². The molecule has 0 spiro atoms. The highest BCUT2D eigenvalue weighted by molar-refractivity contribution is 7.10. The van der Waals surface area contributed by atoms with Gasteiger partial charge in [0.05, 0.1) is 15.4 Å². The SMILES string of the molecule is CC(C)C[C@H](C)C(=O)O[C@@H](C)C(=O)OP. The van der Waals surface area contributed by atoms with Crippen LogP contribution in [-0.4, -0.2) is 18.0 Å². The smallest absolute Gasteiger partial charge is 0.349 e. The van der Waals surface area contributed by atoms with Crippen LogP contribution < -0.4 is 0 Å². The number of carbonyl (C=O) groups excluding carboxylic acids is 2. The molecule has 88 valence electrons. The largest absolute Gasteiger partial charge is 0.450 e. The van der Waals surface area contributed by atoms with Crippen LogP contribution in [0.15, 0.2) is 0 Å². The Balaban J connectivity index is 4.07. The van der Waals surface area contributed by atoms with Gasteiger partial charge in [-0.1, -0.05) is 20.8 Å². The highest BCUT2D eigenvalue weighted by Gasteiger charge is 2.22. The molecule has 0 heterocycles. The second-order valence-electron chi connectivity index (χ2n) is 4.05. The molecule has 0 amide bonds. The molecule has 0 aromatic carbocycles. The molecule has 0 aliphatic carbocycles. The molecule has 1 unspecified atom stereocenters. The first-order chi connectivity index (χ1) is 6.88. The third-order valence-corrected chi connectivity index (χ3v) is 2.20. The van der Waals surface area contributed by atoms with Gasteiger partial charge in [-0.25, -0.2) is 4.79 Å². The molecule has 0 aromatic heterocycles. The molecule has 0 fully saturated rings. The fourth-order valence-electron chi connectivity index (χ4n) is 1.24. The van der Waals surface area contributed by atoms with Gasteiger partial charge in [0.1, 0.15) is 0 Å². The lowest BCUT2D eigenvalue weighted by atomic mass is 9.99. The van der Waals surface area contributed by atoms with E-state index >= 15 is 0 Å². The molecular formula is C10H19O4P. The minimum atomic E-state index is -0.843. The first-order valence-corrected chi connectivity index (χ1v) is 5.46.